The number of rotatable bonds is 4. The Morgan fingerprint density at radius 2 is 2.09 bits per heavy atom. The van der Waals surface area contributed by atoms with E-state index in [0.29, 0.717) is 26.1 Å². The first-order valence-electron chi connectivity index (χ1n) is 8.13. The Labute approximate surface area is 137 Å². The molecule has 0 N–H and O–H groups in total. The third-order valence-corrected chi connectivity index (χ3v) is 4.32. The van der Waals surface area contributed by atoms with E-state index in [-0.39, 0.29) is 17.9 Å². The number of furan rings is 1. The first kappa shape index (κ1) is 15.8. The molecule has 4 nitrogen and oxygen atoms in total. The van der Waals surface area contributed by atoms with Crippen molar-refractivity contribution in [1.82, 2.24) is 4.90 Å². The van der Waals surface area contributed by atoms with Crippen molar-refractivity contribution < 1.29 is 13.9 Å². The van der Waals surface area contributed by atoms with Crippen molar-refractivity contribution in [2.24, 2.45) is 0 Å². The maximum atomic E-state index is 13.1. The largest absolute Gasteiger partial charge is 0.469 e. The van der Waals surface area contributed by atoms with E-state index in [0.717, 1.165) is 11.3 Å². The number of carbonyl (C=O) groups excluding carboxylic acids is 1. The number of hydrogen-bond donors (Lipinski definition) is 0. The highest BCUT2D eigenvalue weighted by atomic mass is 16.5. The van der Waals surface area contributed by atoms with Gasteiger partial charge in [-0.05, 0) is 31.5 Å². The third kappa shape index (κ3) is 3.82. The van der Waals surface area contributed by atoms with Crippen LogP contribution in [0.3, 0.4) is 0 Å². The molecular weight excluding hydrogens is 290 g/mol. The van der Waals surface area contributed by atoms with Gasteiger partial charge in [0.15, 0.2) is 0 Å². The Kier molecular flexibility index (Phi) is 4.82. The van der Waals surface area contributed by atoms with Crippen LogP contribution >= 0.6 is 0 Å². The van der Waals surface area contributed by atoms with E-state index in [4.69, 9.17) is 9.15 Å². The van der Waals surface area contributed by atoms with Crippen LogP contribution in [0.25, 0.3) is 0 Å². The predicted octanol–water partition coefficient (Wildman–Crippen LogP) is 3.16. The van der Waals surface area contributed by atoms with Gasteiger partial charge >= 0.3 is 0 Å². The smallest absolute Gasteiger partial charge is 0.230 e. The van der Waals surface area contributed by atoms with Crippen LogP contribution in [0, 0.1) is 6.92 Å². The molecule has 2 heterocycles. The van der Waals surface area contributed by atoms with E-state index in [2.05, 4.69) is 19.1 Å². The van der Waals surface area contributed by atoms with Crippen LogP contribution in [0.2, 0.25) is 0 Å². The fraction of sp³-hybridized carbons (Fsp3) is 0.421. The second-order valence-corrected chi connectivity index (χ2v) is 6.21. The standard InChI is InChI=1S/C19H23NO3/c1-14-5-7-16(8-6-14)18(12-17-4-3-10-23-17)19(21)20-9-11-22-15(2)13-20/h3-8,10,15,18H,9,11-13H2,1-2H3. The van der Waals surface area contributed by atoms with Crippen molar-refractivity contribution in [3.63, 3.8) is 0 Å². The van der Waals surface area contributed by atoms with Crippen LogP contribution < -0.4 is 0 Å². The molecule has 1 aromatic carbocycles. The maximum Gasteiger partial charge on any atom is 0.230 e. The van der Waals surface area contributed by atoms with Gasteiger partial charge in [-0.3, -0.25) is 4.79 Å². The number of nitrogens with zero attached hydrogens (tertiary/aromatic N) is 1. The van der Waals surface area contributed by atoms with Gasteiger partial charge in [-0.1, -0.05) is 29.8 Å². The number of ether oxygens (including phenoxy) is 1. The maximum absolute atomic E-state index is 13.1. The van der Waals surface area contributed by atoms with Gasteiger partial charge in [0.1, 0.15) is 5.76 Å². The first-order valence-corrected chi connectivity index (χ1v) is 8.13. The lowest BCUT2D eigenvalue weighted by Crippen LogP contribution is -2.46. The second-order valence-electron chi connectivity index (χ2n) is 6.21. The van der Waals surface area contributed by atoms with Gasteiger partial charge in [-0.25, -0.2) is 0 Å². The summed E-state index contributed by atoms with van der Waals surface area (Å²) in [6, 6.07) is 12.0. The summed E-state index contributed by atoms with van der Waals surface area (Å²) >= 11 is 0. The second kappa shape index (κ2) is 7.01. The van der Waals surface area contributed by atoms with Gasteiger partial charge in [-0.15, -0.1) is 0 Å². The predicted molar refractivity (Wildman–Crippen MR) is 88.3 cm³/mol. The number of morpholine rings is 1. The third-order valence-electron chi connectivity index (χ3n) is 4.32. The van der Waals surface area contributed by atoms with E-state index in [1.54, 1.807) is 6.26 Å². The Balaban J connectivity index is 1.84. The first-order chi connectivity index (χ1) is 11.1. The summed E-state index contributed by atoms with van der Waals surface area (Å²) < 4.78 is 11.0. The number of hydrogen-bond acceptors (Lipinski definition) is 3. The molecule has 1 aliphatic heterocycles. The van der Waals surface area contributed by atoms with Gasteiger partial charge in [0.25, 0.3) is 0 Å². The average molecular weight is 313 g/mol. The zero-order valence-electron chi connectivity index (χ0n) is 13.7. The van der Waals surface area contributed by atoms with Crippen molar-refractivity contribution in [3.8, 4) is 0 Å². The fourth-order valence-electron chi connectivity index (χ4n) is 3.02. The molecular formula is C19H23NO3. The zero-order chi connectivity index (χ0) is 16.2. The Morgan fingerprint density at radius 1 is 1.30 bits per heavy atom. The summed E-state index contributed by atoms with van der Waals surface area (Å²) in [5.41, 5.74) is 2.23. The highest BCUT2D eigenvalue weighted by molar-refractivity contribution is 5.84. The van der Waals surface area contributed by atoms with Crippen molar-refractivity contribution in [2.75, 3.05) is 19.7 Å². The van der Waals surface area contributed by atoms with E-state index >= 15 is 0 Å². The van der Waals surface area contributed by atoms with Gasteiger partial charge in [-0.2, -0.15) is 0 Å². The fourth-order valence-corrected chi connectivity index (χ4v) is 3.02. The van der Waals surface area contributed by atoms with Crippen molar-refractivity contribution in [3.05, 3.63) is 59.5 Å². The van der Waals surface area contributed by atoms with Crippen LogP contribution in [0.1, 0.15) is 29.7 Å². The van der Waals surface area contributed by atoms with Gasteiger partial charge in [0.05, 0.1) is 24.9 Å². The number of carbonyl (C=O) groups is 1. The highest BCUT2D eigenvalue weighted by Gasteiger charge is 2.29. The van der Waals surface area contributed by atoms with Crippen LogP contribution in [0.5, 0.6) is 0 Å². The van der Waals surface area contributed by atoms with E-state index < -0.39 is 0 Å². The molecule has 23 heavy (non-hydrogen) atoms. The average Bonchev–Trinajstić information content (AvgIpc) is 3.06. The molecule has 3 rings (SSSR count). The van der Waals surface area contributed by atoms with Crippen molar-refractivity contribution in [2.45, 2.75) is 32.3 Å². The van der Waals surface area contributed by atoms with E-state index in [1.807, 2.05) is 36.1 Å². The van der Waals surface area contributed by atoms with E-state index in [9.17, 15) is 4.79 Å². The normalized spacial score (nSPS) is 19.6. The molecule has 1 saturated heterocycles. The van der Waals surface area contributed by atoms with Crippen molar-refractivity contribution >= 4 is 5.91 Å². The molecule has 1 fully saturated rings. The van der Waals surface area contributed by atoms with Gasteiger partial charge in [0.2, 0.25) is 5.91 Å². The molecule has 2 atom stereocenters. The molecule has 0 spiro atoms. The summed E-state index contributed by atoms with van der Waals surface area (Å²) in [7, 11) is 0. The Hall–Kier alpha value is -2.07. The lowest BCUT2D eigenvalue weighted by molar-refractivity contribution is -0.139. The van der Waals surface area contributed by atoms with Crippen LogP contribution in [-0.2, 0) is 16.0 Å². The molecule has 2 aromatic rings. The minimum absolute atomic E-state index is 0.0926. The monoisotopic (exact) mass is 313 g/mol. The summed E-state index contributed by atoms with van der Waals surface area (Å²) in [4.78, 5) is 15.0. The SMILES string of the molecule is Cc1ccc(C(Cc2ccco2)C(=O)N2CCOC(C)C2)cc1. The molecule has 2 unspecified atom stereocenters. The molecule has 1 aromatic heterocycles. The van der Waals surface area contributed by atoms with E-state index in [1.165, 1.54) is 5.56 Å². The molecule has 0 aliphatic carbocycles. The quantitative estimate of drug-likeness (QED) is 0.871. The van der Waals surface area contributed by atoms with Crippen LogP contribution in [0.4, 0.5) is 0 Å². The summed E-state index contributed by atoms with van der Waals surface area (Å²) in [6.07, 6.45) is 2.33. The Bertz CT molecular complexity index is 633. The zero-order valence-corrected chi connectivity index (χ0v) is 13.7. The topological polar surface area (TPSA) is 42.7 Å². The lowest BCUT2D eigenvalue weighted by Gasteiger charge is -2.33. The van der Waals surface area contributed by atoms with Gasteiger partial charge < -0.3 is 14.1 Å². The van der Waals surface area contributed by atoms with Crippen molar-refractivity contribution in [1.29, 1.82) is 0 Å². The molecule has 0 radical (unpaired) electrons. The summed E-state index contributed by atoms with van der Waals surface area (Å²) in [5.74, 6) is 0.776. The van der Waals surface area contributed by atoms with Gasteiger partial charge in [0, 0.05) is 19.5 Å². The van der Waals surface area contributed by atoms with Crippen LogP contribution in [-0.4, -0.2) is 36.6 Å². The minimum Gasteiger partial charge on any atom is -0.469 e. The summed E-state index contributed by atoms with van der Waals surface area (Å²) in [6.45, 7) is 5.97. The molecule has 0 bridgehead atoms. The van der Waals surface area contributed by atoms with Crippen LogP contribution in [0.15, 0.2) is 47.1 Å². The lowest BCUT2D eigenvalue weighted by atomic mass is 9.92. The molecule has 1 amide bonds. The molecule has 1 aliphatic rings. The Morgan fingerprint density at radius 3 is 2.74 bits per heavy atom. The number of benzene rings is 1. The summed E-state index contributed by atoms with van der Waals surface area (Å²) in [5, 5.41) is 0. The highest BCUT2D eigenvalue weighted by Crippen LogP contribution is 2.25. The number of aryl methyl sites for hydroxylation is 1. The minimum atomic E-state index is -0.216. The number of amides is 1. The molecule has 122 valence electrons. The molecule has 4 heteroatoms. The molecule has 0 saturated carbocycles.